The number of rotatable bonds is 5. The van der Waals surface area contributed by atoms with E-state index >= 15 is 0 Å². The summed E-state index contributed by atoms with van der Waals surface area (Å²) in [5.74, 6) is 0.188. The van der Waals surface area contributed by atoms with Crippen molar-refractivity contribution in [1.82, 2.24) is 9.80 Å². The number of hydrogen-bond acceptors (Lipinski definition) is 3. The summed E-state index contributed by atoms with van der Waals surface area (Å²) >= 11 is 0. The number of fused-ring (bicyclic) bond motifs is 1. The lowest BCUT2D eigenvalue weighted by Crippen LogP contribution is -2.56. The Morgan fingerprint density at radius 1 is 1.08 bits per heavy atom. The van der Waals surface area contributed by atoms with E-state index in [0.29, 0.717) is 12.8 Å². The molecule has 26 heavy (non-hydrogen) atoms. The van der Waals surface area contributed by atoms with Crippen LogP contribution in [0.15, 0.2) is 24.3 Å². The number of carbonyl (C=O) groups is 2. The average Bonchev–Trinajstić information content (AvgIpc) is 2.82. The number of piperazine rings is 1. The summed E-state index contributed by atoms with van der Waals surface area (Å²) in [4.78, 5) is 32.3. The second kappa shape index (κ2) is 8.67. The van der Waals surface area contributed by atoms with Crippen molar-refractivity contribution in [3.63, 3.8) is 0 Å². The molecule has 5 heteroatoms. The molecule has 2 aliphatic heterocycles. The monoisotopic (exact) mass is 357 g/mol. The maximum absolute atomic E-state index is 13.3. The number of nitrogens with zero attached hydrogens (tertiary/aromatic N) is 3. The molecule has 1 aromatic rings. The molecule has 1 fully saturated rings. The van der Waals surface area contributed by atoms with Gasteiger partial charge in [-0.1, -0.05) is 32.0 Å². The van der Waals surface area contributed by atoms with Crippen LogP contribution in [0.5, 0.6) is 0 Å². The Bertz CT molecular complexity index is 638. The van der Waals surface area contributed by atoms with Gasteiger partial charge in [0.2, 0.25) is 11.8 Å². The lowest BCUT2D eigenvalue weighted by Gasteiger charge is -2.39. The Labute approximate surface area is 156 Å². The first-order chi connectivity index (χ1) is 12.7. The molecule has 0 unspecified atom stereocenters. The number of aryl methyl sites for hydroxylation is 1. The van der Waals surface area contributed by atoms with Gasteiger partial charge in [-0.05, 0) is 43.9 Å². The molecule has 0 radical (unpaired) electrons. The number of para-hydroxylation sites is 1. The van der Waals surface area contributed by atoms with E-state index < -0.39 is 0 Å². The van der Waals surface area contributed by atoms with Crippen molar-refractivity contribution >= 4 is 17.5 Å². The van der Waals surface area contributed by atoms with Crippen molar-refractivity contribution in [3.8, 4) is 0 Å². The second-order valence-electron chi connectivity index (χ2n) is 7.34. The summed E-state index contributed by atoms with van der Waals surface area (Å²) < 4.78 is 0. The Balaban J connectivity index is 1.79. The third kappa shape index (κ3) is 3.93. The van der Waals surface area contributed by atoms with Crippen LogP contribution in [0.4, 0.5) is 5.69 Å². The van der Waals surface area contributed by atoms with Crippen molar-refractivity contribution in [3.05, 3.63) is 29.8 Å². The van der Waals surface area contributed by atoms with Gasteiger partial charge in [0.15, 0.2) is 0 Å². The molecule has 1 atom stereocenters. The summed E-state index contributed by atoms with van der Waals surface area (Å²) in [6.07, 6.45) is 4.06. The first kappa shape index (κ1) is 18.9. The zero-order valence-corrected chi connectivity index (χ0v) is 16.1. The van der Waals surface area contributed by atoms with Gasteiger partial charge in [-0.2, -0.15) is 0 Å². The molecule has 0 N–H and O–H groups in total. The van der Waals surface area contributed by atoms with Crippen LogP contribution in [-0.2, 0) is 16.0 Å². The molecule has 1 aromatic carbocycles. The molecular formula is C21H31N3O2. The summed E-state index contributed by atoms with van der Waals surface area (Å²) in [7, 11) is 0. The van der Waals surface area contributed by atoms with E-state index in [9.17, 15) is 9.59 Å². The lowest BCUT2D eigenvalue weighted by molar-refractivity contribution is -0.136. The predicted octanol–water partition coefficient (Wildman–Crippen LogP) is 2.69. The molecular weight excluding hydrogens is 326 g/mol. The van der Waals surface area contributed by atoms with Crippen LogP contribution in [0.3, 0.4) is 0 Å². The van der Waals surface area contributed by atoms with Gasteiger partial charge in [-0.3, -0.25) is 19.4 Å². The zero-order chi connectivity index (χ0) is 18.5. The maximum atomic E-state index is 13.3. The fraction of sp³-hybridized carbons (Fsp3) is 0.619. The molecule has 0 aliphatic carbocycles. The fourth-order valence-corrected chi connectivity index (χ4v) is 4.17. The third-order valence-electron chi connectivity index (χ3n) is 5.56. The molecule has 1 saturated heterocycles. The van der Waals surface area contributed by atoms with E-state index in [0.717, 1.165) is 57.7 Å². The third-order valence-corrected chi connectivity index (χ3v) is 5.56. The minimum absolute atomic E-state index is 0.0831. The number of anilines is 1. The predicted molar refractivity (Wildman–Crippen MR) is 104 cm³/mol. The summed E-state index contributed by atoms with van der Waals surface area (Å²) in [5.41, 5.74) is 2.11. The SMILES string of the molecule is CCCN1CCN(C(=O)[C@@H](CC)N2C(=O)CCCc3ccccc32)CC1. The van der Waals surface area contributed by atoms with Gasteiger partial charge in [0.1, 0.15) is 6.04 Å². The Hall–Kier alpha value is -1.88. The van der Waals surface area contributed by atoms with E-state index in [2.05, 4.69) is 17.9 Å². The second-order valence-corrected chi connectivity index (χ2v) is 7.34. The first-order valence-electron chi connectivity index (χ1n) is 10.1. The minimum Gasteiger partial charge on any atom is -0.338 e. The van der Waals surface area contributed by atoms with Crippen LogP contribution < -0.4 is 4.90 Å². The molecule has 3 rings (SSSR count). The highest BCUT2D eigenvalue weighted by Crippen LogP contribution is 2.30. The highest BCUT2D eigenvalue weighted by molar-refractivity contribution is 6.01. The number of carbonyl (C=O) groups excluding carboxylic acids is 2. The highest BCUT2D eigenvalue weighted by atomic mass is 16.2. The zero-order valence-electron chi connectivity index (χ0n) is 16.1. The summed E-state index contributed by atoms with van der Waals surface area (Å²) in [5, 5.41) is 0. The fourth-order valence-electron chi connectivity index (χ4n) is 4.17. The number of hydrogen-bond donors (Lipinski definition) is 0. The minimum atomic E-state index is -0.389. The first-order valence-corrected chi connectivity index (χ1v) is 10.1. The van der Waals surface area contributed by atoms with E-state index in [1.807, 2.05) is 30.0 Å². The van der Waals surface area contributed by atoms with Crippen molar-refractivity contribution in [2.75, 3.05) is 37.6 Å². The van der Waals surface area contributed by atoms with E-state index in [1.165, 1.54) is 5.56 Å². The van der Waals surface area contributed by atoms with E-state index in [4.69, 9.17) is 0 Å². The van der Waals surface area contributed by atoms with Crippen LogP contribution in [0, 0.1) is 0 Å². The molecule has 142 valence electrons. The standard InChI is InChI=1S/C21H31N3O2/c1-3-12-22-13-15-23(16-14-22)21(26)18(4-2)24-19-10-6-5-8-17(19)9-7-11-20(24)25/h5-6,8,10,18H,3-4,7,9,11-16H2,1-2H3/t18-/m1/s1. The van der Waals surface area contributed by atoms with Gasteiger partial charge in [0.25, 0.3) is 0 Å². The number of benzene rings is 1. The molecule has 0 saturated carbocycles. The van der Waals surface area contributed by atoms with Gasteiger partial charge >= 0.3 is 0 Å². The van der Waals surface area contributed by atoms with Gasteiger partial charge in [0, 0.05) is 38.3 Å². The normalized spacial score (nSPS) is 19.8. The smallest absolute Gasteiger partial charge is 0.245 e. The molecule has 5 nitrogen and oxygen atoms in total. The van der Waals surface area contributed by atoms with Crippen LogP contribution in [0.1, 0.15) is 45.1 Å². The lowest BCUT2D eigenvalue weighted by atomic mass is 10.1. The molecule has 2 amide bonds. The van der Waals surface area contributed by atoms with E-state index in [-0.39, 0.29) is 17.9 Å². The largest absolute Gasteiger partial charge is 0.338 e. The van der Waals surface area contributed by atoms with Crippen molar-refractivity contribution in [1.29, 1.82) is 0 Å². The van der Waals surface area contributed by atoms with E-state index in [1.54, 1.807) is 4.90 Å². The molecule has 0 spiro atoms. The van der Waals surface area contributed by atoms with Crippen LogP contribution in [0.2, 0.25) is 0 Å². The molecule has 2 aliphatic rings. The van der Waals surface area contributed by atoms with Gasteiger partial charge in [0.05, 0.1) is 0 Å². The van der Waals surface area contributed by atoms with Crippen LogP contribution in [0.25, 0.3) is 0 Å². The Morgan fingerprint density at radius 3 is 2.50 bits per heavy atom. The van der Waals surface area contributed by atoms with Crippen molar-refractivity contribution in [2.24, 2.45) is 0 Å². The molecule has 0 bridgehead atoms. The summed E-state index contributed by atoms with van der Waals surface area (Å²) in [6.45, 7) is 8.68. The maximum Gasteiger partial charge on any atom is 0.245 e. The van der Waals surface area contributed by atoms with Crippen molar-refractivity contribution < 1.29 is 9.59 Å². The number of amides is 2. The Morgan fingerprint density at radius 2 is 1.81 bits per heavy atom. The quantitative estimate of drug-likeness (QED) is 0.814. The van der Waals surface area contributed by atoms with Gasteiger partial charge in [-0.15, -0.1) is 0 Å². The Kier molecular flexibility index (Phi) is 6.30. The average molecular weight is 357 g/mol. The topological polar surface area (TPSA) is 43.9 Å². The molecule has 0 aromatic heterocycles. The molecule has 2 heterocycles. The van der Waals surface area contributed by atoms with Crippen molar-refractivity contribution in [2.45, 2.75) is 52.0 Å². The highest BCUT2D eigenvalue weighted by Gasteiger charge is 2.35. The van der Waals surface area contributed by atoms with Crippen LogP contribution in [-0.4, -0.2) is 60.4 Å². The summed E-state index contributed by atoms with van der Waals surface area (Å²) in [6, 6.07) is 7.67. The van der Waals surface area contributed by atoms with Gasteiger partial charge in [-0.25, -0.2) is 0 Å². The van der Waals surface area contributed by atoms with Crippen LogP contribution >= 0.6 is 0 Å². The van der Waals surface area contributed by atoms with Gasteiger partial charge < -0.3 is 4.90 Å².